The largest absolute Gasteiger partial charge is 1.00 e. The predicted octanol–water partition coefficient (Wildman–Crippen LogP) is 4.02. The van der Waals surface area contributed by atoms with Crippen molar-refractivity contribution in [3.63, 3.8) is 0 Å². The Kier molecular flexibility index (Phi) is 8.68. The standard InChI is InChI=1S/C25H24N2O2S2.Na.H/c1-17(2)19-8-10-20(11-9-19)23-16-31-25(26-23)27(15-22-7-4-12-30-22)14-18-5-3-6-21(13-18)24(28)29;;/h3-13,16-17H,14-15H2,1-2H3,(H,28,29);;/q;+1;-1. The van der Waals surface area contributed by atoms with Gasteiger partial charge in [0.25, 0.3) is 0 Å². The van der Waals surface area contributed by atoms with Gasteiger partial charge in [0.1, 0.15) is 0 Å². The van der Waals surface area contributed by atoms with E-state index in [0.29, 0.717) is 18.0 Å². The second-order valence-corrected chi connectivity index (χ2v) is 9.60. The van der Waals surface area contributed by atoms with Crippen LogP contribution in [-0.2, 0) is 13.1 Å². The number of anilines is 1. The van der Waals surface area contributed by atoms with Crippen LogP contribution in [0.2, 0.25) is 0 Å². The summed E-state index contributed by atoms with van der Waals surface area (Å²) in [5.74, 6) is -0.407. The van der Waals surface area contributed by atoms with Crippen molar-refractivity contribution in [1.29, 1.82) is 0 Å². The topological polar surface area (TPSA) is 53.4 Å². The van der Waals surface area contributed by atoms with Gasteiger partial charge in [0.15, 0.2) is 5.13 Å². The van der Waals surface area contributed by atoms with Crippen LogP contribution in [0.1, 0.15) is 47.6 Å². The molecule has 0 unspecified atom stereocenters. The normalized spacial score (nSPS) is 10.7. The Labute approximate surface area is 220 Å². The molecule has 0 radical (unpaired) electrons. The Bertz CT molecular complexity index is 1160. The zero-order valence-electron chi connectivity index (χ0n) is 19.5. The molecule has 7 heteroatoms. The minimum atomic E-state index is -0.909. The van der Waals surface area contributed by atoms with Gasteiger partial charge < -0.3 is 11.4 Å². The summed E-state index contributed by atoms with van der Waals surface area (Å²) in [6, 6.07) is 19.9. The third-order valence-corrected chi connectivity index (χ3v) is 6.87. The average Bonchev–Trinajstić information content (AvgIpc) is 3.46. The number of thiazole rings is 1. The summed E-state index contributed by atoms with van der Waals surface area (Å²) in [5, 5.41) is 14.4. The fraction of sp³-hybridized carbons (Fsp3) is 0.200. The Hall–Kier alpha value is -1.96. The number of carboxylic acid groups (broad SMARTS) is 1. The van der Waals surface area contributed by atoms with E-state index in [1.54, 1.807) is 40.9 Å². The van der Waals surface area contributed by atoms with E-state index in [4.69, 9.17) is 4.98 Å². The van der Waals surface area contributed by atoms with Gasteiger partial charge in [-0.15, -0.1) is 22.7 Å². The molecule has 32 heavy (non-hydrogen) atoms. The molecule has 2 aromatic heterocycles. The van der Waals surface area contributed by atoms with Crippen LogP contribution in [0.25, 0.3) is 11.3 Å². The molecule has 0 aliphatic heterocycles. The van der Waals surface area contributed by atoms with Crippen molar-refractivity contribution < 1.29 is 40.9 Å². The van der Waals surface area contributed by atoms with Crippen LogP contribution >= 0.6 is 22.7 Å². The first kappa shape index (κ1) is 24.7. The first-order valence-electron chi connectivity index (χ1n) is 10.1. The molecule has 2 heterocycles. The second kappa shape index (κ2) is 11.3. The maximum Gasteiger partial charge on any atom is 1.00 e. The molecule has 160 valence electrons. The molecule has 0 atom stereocenters. The maximum atomic E-state index is 11.4. The monoisotopic (exact) mass is 472 g/mol. The fourth-order valence-corrected chi connectivity index (χ4v) is 4.94. The summed E-state index contributed by atoms with van der Waals surface area (Å²) in [5.41, 5.74) is 4.64. The predicted molar refractivity (Wildman–Crippen MR) is 130 cm³/mol. The summed E-state index contributed by atoms with van der Waals surface area (Å²) >= 11 is 3.33. The summed E-state index contributed by atoms with van der Waals surface area (Å²) < 4.78 is 0. The Morgan fingerprint density at radius 3 is 2.50 bits per heavy atom. The van der Waals surface area contributed by atoms with Gasteiger partial charge in [0, 0.05) is 22.4 Å². The van der Waals surface area contributed by atoms with Gasteiger partial charge in [0.2, 0.25) is 0 Å². The molecular formula is C25H25N2NaO2S2. The van der Waals surface area contributed by atoms with Gasteiger partial charge in [-0.05, 0) is 40.6 Å². The molecule has 0 fully saturated rings. The van der Waals surface area contributed by atoms with Crippen LogP contribution < -0.4 is 34.5 Å². The number of hydrogen-bond acceptors (Lipinski definition) is 5. The Morgan fingerprint density at radius 1 is 1.06 bits per heavy atom. The van der Waals surface area contributed by atoms with Crippen LogP contribution in [0.4, 0.5) is 5.13 Å². The zero-order valence-corrected chi connectivity index (χ0v) is 22.1. The molecule has 4 aromatic rings. The number of rotatable bonds is 8. The number of aromatic carboxylic acids is 1. The fourth-order valence-electron chi connectivity index (χ4n) is 3.39. The second-order valence-electron chi connectivity index (χ2n) is 7.73. The molecule has 4 rings (SSSR count). The van der Waals surface area contributed by atoms with Crippen molar-refractivity contribution in [1.82, 2.24) is 4.98 Å². The van der Waals surface area contributed by atoms with Crippen molar-refractivity contribution in [2.45, 2.75) is 32.9 Å². The summed E-state index contributed by atoms with van der Waals surface area (Å²) in [6.07, 6.45) is 0. The third kappa shape index (κ3) is 6.09. The van der Waals surface area contributed by atoms with E-state index in [9.17, 15) is 9.90 Å². The average molecular weight is 473 g/mol. The number of carbonyl (C=O) groups is 1. The van der Waals surface area contributed by atoms with Crippen LogP contribution in [-0.4, -0.2) is 16.1 Å². The number of aromatic nitrogens is 1. The quantitative estimate of drug-likeness (QED) is 0.394. The van der Waals surface area contributed by atoms with Gasteiger partial charge >= 0.3 is 35.5 Å². The molecule has 0 bridgehead atoms. The van der Waals surface area contributed by atoms with Crippen LogP contribution in [0, 0.1) is 0 Å². The molecular weight excluding hydrogens is 447 g/mol. The first-order valence-corrected chi connectivity index (χ1v) is 11.9. The molecule has 0 aliphatic rings. The minimum absolute atomic E-state index is 0. The summed E-state index contributed by atoms with van der Waals surface area (Å²) in [4.78, 5) is 19.7. The van der Waals surface area contributed by atoms with Gasteiger partial charge in [-0.25, -0.2) is 9.78 Å². The van der Waals surface area contributed by atoms with Crippen molar-refractivity contribution in [3.8, 4) is 11.3 Å². The number of hydrogen-bond donors (Lipinski definition) is 1. The van der Waals surface area contributed by atoms with Crippen molar-refractivity contribution in [2.24, 2.45) is 0 Å². The van der Waals surface area contributed by atoms with E-state index >= 15 is 0 Å². The molecule has 0 spiro atoms. The number of nitrogens with zero attached hydrogens (tertiary/aromatic N) is 2. The van der Waals surface area contributed by atoms with E-state index in [1.165, 1.54) is 10.4 Å². The smallest absolute Gasteiger partial charge is 1.00 e. The van der Waals surface area contributed by atoms with E-state index in [1.807, 2.05) is 12.1 Å². The molecule has 4 nitrogen and oxygen atoms in total. The Balaban J connectivity index is 0.00000193. The van der Waals surface area contributed by atoms with E-state index in [0.717, 1.165) is 28.5 Å². The van der Waals surface area contributed by atoms with E-state index in [2.05, 4.69) is 59.8 Å². The van der Waals surface area contributed by atoms with Gasteiger partial charge in [-0.1, -0.05) is 56.3 Å². The summed E-state index contributed by atoms with van der Waals surface area (Å²) in [7, 11) is 0. The molecule has 1 N–H and O–H groups in total. The molecule has 0 saturated carbocycles. The number of benzene rings is 2. The van der Waals surface area contributed by atoms with Gasteiger partial charge in [-0.2, -0.15) is 0 Å². The van der Waals surface area contributed by atoms with E-state index < -0.39 is 5.97 Å². The van der Waals surface area contributed by atoms with Crippen molar-refractivity contribution in [2.75, 3.05) is 4.90 Å². The summed E-state index contributed by atoms with van der Waals surface area (Å²) in [6.45, 7) is 5.71. The SMILES string of the molecule is CC(C)c1ccc(-c2csc(N(Cc3cccc(C(=O)O)c3)Cc3cccs3)n2)cc1.[H-].[Na+]. The van der Waals surface area contributed by atoms with Crippen molar-refractivity contribution >= 4 is 33.8 Å². The maximum absolute atomic E-state index is 11.4. The number of thiophene rings is 1. The first-order chi connectivity index (χ1) is 15.0. The van der Waals surface area contributed by atoms with Crippen LogP contribution in [0.5, 0.6) is 0 Å². The van der Waals surface area contributed by atoms with Gasteiger partial charge in [0.05, 0.1) is 17.8 Å². The van der Waals surface area contributed by atoms with E-state index in [-0.39, 0.29) is 31.0 Å². The molecule has 0 saturated heterocycles. The van der Waals surface area contributed by atoms with Crippen LogP contribution in [0.3, 0.4) is 0 Å². The molecule has 2 aromatic carbocycles. The minimum Gasteiger partial charge on any atom is -1.00 e. The third-order valence-electron chi connectivity index (χ3n) is 5.11. The Morgan fingerprint density at radius 2 is 1.84 bits per heavy atom. The zero-order chi connectivity index (χ0) is 21.8. The molecule has 0 amide bonds. The molecule has 0 aliphatic carbocycles. The van der Waals surface area contributed by atoms with Crippen LogP contribution in [0.15, 0.2) is 71.4 Å². The van der Waals surface area contributed by atoms with Gasteiger partial charge in [-0.3, -0.25) is 0 Å². The number of carboxylic acids is 1. The van der Waals surface area contributed by atoms with Crippen molar-refractivity contribution in [3.05, 3.63) is 93.0 Å².